The fraction of sp³-hybridized carbons (Fsp3) is 0.800. The molecule has 4 aliphatic rings. The molecule has 1 saturated carbocycles. The van der Waals surface area contributed by atoms with Gasteiger partial charge in [-0.1, -0.05) is 0 Å². The fourth-order valence-electron chi connectivity index (χ4n) is 5.48. The van der Waals surface area contributed by atoms with E-state index in [1.807, 2.05) is 0 Å². The van der Waals surface area contributed by atoms with Gasteiger partial charge in [0.2, 0.25) is 15.8 Å². The molecular formula is C20H27F3N4O4S. The molecule has 5 rings (SSSR count). The molecule has 2 spiro atoms. The third-order valence-electron chi connectivity index (χ3n) is 7.30. The molecule has 0 bridgehead atoms. The summed E-state index contributed by atoms with van der Waals surface area (Å²) in [5.41, 5.74) is -0.158. The molecule has 1 aromatic heterocycles. The van der Waals surface area contributed by atoms with Crippen molar-refractivity contribution in [1.29, 1.82) is 0 Å². The number of nitrogens with zero attached hydrogens (tertiary/aromatic N) is 3. The molecule has 1 unspecified atom stereocenters. The fourth-order valence-corrected chi connectivity index (χ4v) is 7.03. The van der Waals surface area contributed by atoms with Crippen molar-refractivity contribution < 1.29 is 31.1 Å². The average Bonchev–Trinajstić information content (AvgIpc) is 3.04. The molecule has 3 aliphatic heterocycles. The van der Waals surface area contributed by atoms with Crippen LogP contribution in [0.5, 0.6) is 0 Å². The number of aryl methyl sites for hydroxylation is 1. The summed E-state index contributed by atoms with van der Waals surface area (Å²) in [4.78, 5) is 6.31. The molecule has 3 saturated heterocycles. The molecule has 1 N–H and O–H groups in total. The number of piperidine rings is 1. The highest BCUT2D eigenvalue weighted by Crippen LogP contribution is 2.47. The lowest BCUT2D eigenvalue weighted by atomic mass is 9.64. The van der Waals surface area contributed by atoms with Crippen molar-refractivity contribution in [1.82, 2.24) is 19.6 Å². The van der Waals surface area contributed by atoms with Crippen molar-refractivity contribution in [3.05, 3.63) is 17.7 Å². The summed E-state index contributed by atoms with van der Waals surface area (Å²) in [7, 11) is -3.98. The van der Waals surface area contributed by atoms with E-state index in [2.05, 4.69) is 15.3 Å². The maximum atomic E-state index is 13.0. The van der Waals surface area contributed by atoms with Gasteiger partial charge in [0.05, 0.1) is 37.3 Å². The first-order valence-corrected chi connectivity index (χ1v) is 12.3. The van der Waals surface area contributed by atoms with Crippen LogP contribution in [0.3, 0.4) is 0 Å². The first kappa shape index (κ1) is 22.5. The molecular weight excluding hydrogens is 449 g/mol. The molecule has 32 heavy (non-hydrogen) atoms. The third-order valence-corrected chi connectivity index (χ3v) is 9.30. The number of ether oxygens (including phenoxy) is 2. The van der Waals surface area contributed by atoms with Crippen LogP contribution in [0.25, 0.3) is 0 Å². The normalized spacial score (nSPS) is 28.1. The minimum Gasteiger partial charge on any atom is -0.380 e. The van der Waals surface area contributed by atoms with Gasteiger partial charge in [0, 0.05) is 30.6 Å². The Morgan fingerprint density at radius 2 is 1.84 bits per heavy atom. The highest BCUT2D eigenvalue weighted by molar-refractivity contribution is 7.89. The highest BCUT2D eigenvalue weighted by Gasteiger charge is 2.51. The van der Waals surface area contributed by atoms with Gasteiger partial charge in [0.1, 0.15) is 4.90 Å². The predicted octanol–water partition coefficient (Wildman–Crippen LogP) is 1.88. The Bertz CT molecular complexity index is 983. The van der Waals surface area contributed by atoms with E-state index in [1.165, 1.54) is 11.2 Å². The van der Waals surface area contributed by atoms with Gasteiger partial charge in [-0.15, -0.1) is 0 Å². The molecule has 4 heterocycles. The predicted molar refractivity (Wildman–Crippen MR) is 106 cm³/mol. The number of alkyl halides is 3. The largest absolute Gasteiger partial charge is 0.451 e. The molecule has 1 atom stereocenters. The maximum absolute atomic E-state index is 13.0. The second-order valence-electron chi connectivity index (χ2n) is 9.70. The lowest BCUT2D eigenvalue weighted by molar-refractivity contribution is -0.168. The van der Waals surface area contributed by atoms with Crippen molar-refractivity contribution in [2.45, 2.75) is 67.8 Å². The minimum absolute atomic E-state index is 0.205. The van der Waals surface area contributed by atoms with Gasteiger partial charge in [-0.3, -0.25) is 0 Å². The Morgan fingerprint density at radius 1 is 1.16 bits per heavy atom. The summed E-state index contributed by atoms with van der Waals surface area (Å²) < 4.78 is 77.2. The standard InChI is InChI=1S/C20H27F3N4O4S/c1-13-16(9-24-17(25-13)20(21,22)23)32(28,29)27-4-2-19(3-5-27)8-15(10-31-19)26-14-6-18(7-14)11-30-12-18/h9,14-15,26H,2-8,10-12H2,1H3. The van der Waals surface area contributed by atoms with E-state index in [-0.39, 0.29) is 35.3 Å². The van der Waals surface area contributed by atoms with E-state index in [1.54, 1.807) is 0 Å². The highest BCUT2D eigenvalue weighted by atomic mass is 32.2. The molecule has 178 valence electrons. The number of nitrogens with one attached hydrogen (secondary N) is 1. The molecule has 1 aliphatic carbocycles. The van der Waals surface area contributed by atoms with Crippen LogP contribution in [-0.4, -0.2) is 73.3 Å². The van der Waals surface area contributed by atoms with Crippen LogP contribution >= 0.6 is 0 Å². The number of hydrogen-bond acceptors (Lipinski definition) is 7. The molecule has 8 nitrogen and oxygen atoms in total. The van der Waals surface area contributed by atoms with Crippen molar-refractivity contribution in [3.8, 4) is 0 Å². The van der Waals surface area contributed by atoms with Crippen molar-refractivity contribution in [3.63, 3.8) is 0 Å². The van der Waals surface area contributed by atoms with Crippen molar-refractivity contribution >= 4 is 10.0 Å². The zero-order valence-electron chi connectivity index (χ0n) is 17.8. The minimum atomic E-state index is -4.72. The van der Waals surface area contributed by atoms with Gasteiger partial charge in [-0.25, -0.2) is 18.4 Å². The Hall–Kier alpha value is -1.34. The Labute approximate surface area is 184 Å². The first-order chi connectivity index (χ1) is 15.0. The molecule has 1 aromatic rings. The van der Waals surface area contributed by atoms with E-state index in [0.29, 0.717) is 30.9 Å². The quantitative estimate of drug-likeness (QED) is 0.709. The van der Waals surface area contributed by atoms with E-state index < -0.39 is 22.0 Å². The molecule has 4 fully saturated rings. The summed E-state index contributed by atoms with van der Waals surface area (Å²) in [5.74, 6) is -1.34. The topological polar surface area (TPSA) is 93.7 Å². The second kappa shape index (κ2) is 7.59. The number of rotatable bonds is 4. The third kappa shape index (κ3) is 3.93. The van der Waals surface area contributed by atoms with Crippen LogP contribution in [0.4, 0.5) is 13.2 Å². The Balaban J connectivity index is 1.18. The number of sulfonamides is 1. The number of hydrogen-bond donors (Lipinski definition) is 1. The van der Waals surface area contributed by atoms with E-state index >= 15 is 0 Å². The monoisotopic (exact) mass is 476 g/mol. The van der Waals surface area contributed by atoms with Gasteiger partial charge in [-0.2, -0.15) is 17.5 Å². The summed E-state index contributed by atoms with van der Waals surface area (Å²) in [6, 6.07) is 0.748. The van der Waals surface area contributed by atoms with Crippen LogP contribution in [0.2, 0.25) is 0 Å². The van der Waals surface area contributed by atoms with E-state index in [4.69, 9.17) is 9.47 Å². The maximum Gasteiger partial charge on any atom is 0.451 e. The number of aromatic nitrogens is 2. The summed E-state index contributed by atoms with van der Waals surface area (Å²) in [5, 5.41) is 3.68. The molecule has 0 radical (unpaired) electrons. The smallest absolute Gasteiger partial charge is 0.380 e. The van der Waals surface area contributed by atoms with Gasteiger partial charge >= 0.3 is 6.18 Å². The van der Waals surface area contributed by atoms with Crippen LogP contribution in [-0.2, 0) is 25.7 Å². The summed E-state index contributed by atoms with van der Waals surface area (Å²) >= 11 is 0. The number of halogens is 3. The molecule has 0 aromatic carbocycles. The lowest BCUT2D eigenvalue weighted by Crippen LogP contribution is -2.60. The van der Waals surface area contributed by atoms with E-state index in [9.17, 15) is 21.6 Å². The average molecular weight is 477 g/mol. The van der Waals surface area contributed by atoms with Crippen LogP contribution < -0.4 is 5.32 Å². The van der Waals surface area contributed by atoms with Gasteiger partial charge in [0.15, 0.2) is 0 Å². The van der Waals surface area contributed by atoms with Gasteiger partial charge in [-0.05, 0) is 39.0 Å². The molecule has 12 heteroatoms. The van der Waals surface area contributed by atoms with Gasteiger partial charge in [0.25, 0.3) is 0 Å². The Morgan fingerprint density at radius 3 is 2.41 bits per heavy atom. The summed E-state index contributed by atoms with van der Waals surface area (Å²) in [6.45, 7) is 4.09. The van der Waals surface area contributed by atoms with Crippen LogP contribution in [0.1, 0.15) is 43.6 Å². The van der Waals surface area contributed by atoms with Crippen molar-refractivity contribution in [2.24, 2.45) is 5.41 Å². The lowest BCUT2D eigenvalue weighted by Gasteiger charge is -2.54. The van der Waals surface area contributed by atoms with Gasteiger partial charge < -0.3 is 14.8 Å². The SMILES string of the molecule is Cc1nc(C(F)(F)F)ncc1S(=O)(=O)N1CCC2(CC1)CC(NC1CC3(COC3)C1)CO2. The zero-order valence-corrected chi connectivity index (χ0v) is 18.6. The van der Waals surface area contributed by atoms with Crippen LogP contribution in [0.15, 0.2) is 11.1 Å². The summed E-state index contributed by atoms with van der Waals surface area (Å²) in [6.07, 6.45) is 0.244. The second-order valence-corrected chi connectivity index (χ2v) is 11.6. The zero-order chi connectivity index (χ0) is 22.8. The van der Waals surface area contributed by atoms with Crippen LogP contribution in [0, 0.1) is 12.3 Å². The molecule has 0 amide bonds. The Kier molecular flexibility index (Phi) is 5.32. The van der Waals surface area contributed by atoms with Crippen molar-refractivity contribution in [2.75, 3.05) is 32.9 Å². The van der Waals surface area contributed by atoms with E-state index in [0.717, 1.165) is 38.7 Å². The first-order valence-electron chi connectivity index (χ1n) is 10.9.